The highest BCUT2D eigenvalue weighted by molar-refractivity contribution is 5.75. The minimum atomic E-state index is 0.191. The van der Waals surface area contributed by atoms with Crippen LogP contribution in [-0.4, -0.2) is 12.5 Å². The maximum Gasteiger partial charge on any atom is 0.219 e. The summed E-state index contributed by atoms with van der Waals surface area (Å²) in [5.74, 6) is 2.57. The van der Waals surface area contributed by atoms with Crippen LogP contribution in [0.1, 0.15) is 46.5 Å². The molecule has 2 unspecified atom stereocenters. The maximum absolute atomic E-state index is 11.1. The third kappa shape index (κ3) is 3.69. The van der Waals surface area contributed by atoms with Gasteiger partial charge in [-0.15, -0.1) is 0 Å². The summed E-state index contributed by atoms with van der Waals surface area (Å²) in [5.41, 5.74) is 0. The summed E-state index contributed by atoms with van der Waals surface area (Å²) in [6.45, 7) is 7.44. The van der Waals surface area contributed by atoms with Crippen molar-refractivity contribution in [2.24, 2.45) is 17.8 Å². The van der Waals surface area contributed by atoms with E-state index in [0.717, 1.165) is 18.4 Å². The van der Waals surface area contributed by atoms with Gasteiger partial charge in [0.2, 0.25) is 5.91 Å². The first-order valence-corrected chi connectivity index (χ1v) is 5.88. The Bertz CT molecular complexity index is 181. The topological polar surface area (TPSA) is 29.1 Å². The van der Waals surface area contributed by atoms with Gasteiger partial charge in [0.05, 0.1) is 0 Å². The Hall–Kier alpha value is -0.530. The van der Waals surface area contributed by atoms with Crippen LogP contribution >= 0.6 is 0 Å². The average molecular weight is 197 g/mol. The van der Waals surface area contributed by atoms with E-state index in [1.807, 2.05) is 6.92 Å². The molecule has 1 fully saturated rings. The highest BCUT2D eigenvalue weighted by Crippen LogP contribution is 2.32. The summed E-state index contributed by atoms with van der Waals surface area (Å²) in [4.78, 5) is 11.1. The fraction of sp³-hybridized carbons (Fsp3) is 0.917. The first kappa shape index (κ1) is 11.5. The molecule has 1 amide bonds. The fourth-order valence-corrected chi connectivity index (χ4v) is 2.66. The molecule has 82 valence electrons. The Labute approximate surface area is 87.5 Å². The van der Waals surface area contributed by atoms with E-state index >= 15 is 0 Å². The SMILES string of the molecule is CCC(=O)NCC1CC(C)CC(C)C1. The molecule has 0 aromatic heterocycles. The Morgan fingerprint density at radius 2 is 1.79 bits per heavy atom. The van der Waals surface area contributed by atoms with E-state index in [2.05, 4.69) is 19.2 Å². The van der Waals surface area contributed by atoms with Crippen molar-refractivity contribution >= 4 is 5.91 Å². The van der Waals surface area contributed by atoms with Gasteiger partial charge >= 0.3 is 0 Å². The van der Waals surface area contributed by atoms with Gasteiger partial charge in [-0.1, -0.05) is 20.8 Å². The molecule has 1 saturated carbocycles. The van der Waals surface area contributed by atoms with Crippen molar-refractivity contribution < 1.29 is 4.79 Å². The van der Waals surface area contributed by atoms with Gasteiger partial charge in [0.15, 0.2) is 0 Å². The minimum Gasteiger partial charge on any atom is -0.356 e. The van der Waals surface area contributed by atoms with Gasteiger partial charge in [0.1, 0.15) is 0 Å². The highest BCUT2D eigenvalue weighted by atomic mass is 16.1. The number of hydrogen-bond donors (Lipinski definition) is 1. The van der Waals surface area contributed by atoms with Gasteiger partial charge in [-0.25, -0.2) is 0 Å². The first-order chi connectivity index (χ1) is 6.61. The molecule has 1 rings (SSSR count). The molecule has 0 heterocycles. The Morgan fingerprint density at radius 3 is 2.29 bits per heavy atom. The van der Waals surface area contributed by atoms with Crippen molar-refractivity contribution in [2.45, 2.75) is 46.5 Å². The molecule has 0 aromatic carbocycles. The van der Waals surface area contributed by atoms with E-state index in [-0.39, 0.29) is 5.91 Å². The van der Waals surface area contributed by atoms with Crippen LogP contribution in [0.25, 0.3) is 0 Å². The monoisotopic (exact) mass is 197 g/mol. The van der Waals surface area contributed by atoms with Crippen molar-refractivity contribution in [1.29, 1.82) is 0 Å². The minimum absolute atomic E-state index is 0.191. The van der Waals surface area contributed by atoms with Crippen molar-refractivity contribution in [3.05, 3.63) is 0 Å². The normalized spacial score (nSPS) is 32.6. The number of amides is 1. The molecule has 0 radical (unpaired) electrons. The van der Waals surface area contributed by atoms with E-state index in [4.69, 9.17) is 0 Å². The standard InChI is InChI=1S/C12H23NO/c1-4-12(14)13-8-11-6-9(2)5-10(3)7-11/h9-11H,4-8H2,1-3H3,(H,13,14). The lowest BCUT2D eigenvalue weighted by molar-refractivity contribution is -0.121. The first-order valence-electron chi connectivity index (χ1n) is 5.88. The molecule has 2 nitrogen and oxygen atoms in total. The summed E-state index contributed by atoms with van der Waals surface area (Å²) in [6, 6.07) is 0. The number of hydrogen-bond acceptors (Lipinski definition) is 1. The van der Waals surface area contributed by atoms with Crippen LogP contribution in [0.15, 0.2) is 0 Å². The number of carbonyl (C=O) groups is 1. The van der Waals surface area contributed by atoms with E-state index in [1.165, 1.54) is 19.3 Å². The summed E-state index contributed by atoms with van der Waals surface area (Å²) < 4.78 is 0. The summed E-state index contributed by atoms with van der Waals surface area (Å²) in [6.07, 6.45) is 4.54. The van der Waals surface area contributed by atoms with Crippen LogP contribution in [0.2, 0.25) is 0 Å². The Kier molecular flexibility index (Phi) is 4.43. The Balaban J connectivity index is 2.26. The predicted octanol–water partition coefficient (Wildman–Crippen LogP) is 2.58. The molecule has 2 heteroatoms. The maximum atomic E-state index is 11.1. The highest BCUT2D eigenvalue weighted by Gasteiger charge is 2.23. The molecule has 1 N–H and O–H groups in total. The third-order valence-electron chi connectivity index (χ3n) is 3.19. The zero-order chi connectivity index (χ0) is 10.6. The quantitative estimate of drug-likeness (QED) is 0.740. The van der Waals surface area contributed by atoms with E-state index in [1.54, 1.807) is 0 Å². The molecule has 1 aliphatic carbocycles. The van der Waals surface area contributed by atoms with Crippen LogP contribution in [0.3, 0.4) is 0 Å². The molecule has 0 spiro atoms. The van der Waals surface area contributed by atoms with Crippen molar-refractivity contribution in [2.75, 3.05) is 6.54 Å². The van der Waals surface area contributed by atoms with Crippen molar-refractivity contribution in [1.82, 2.24) is 5.32 Å². The lowest BCUT2D eigenvalue weighted by Gasteiger charge is -2.31. The lowest BCUT2D eigenvalue weighted by Crippen LogP contribution is -2.32. The molecule has 0 aliphatic heterocycles. The molecular formula is C12H23NO. The zero-order valence-electron chi connectivity index (χ0n) is 9.68. The number of rotatable bonds is 3. The van der Waals surface area contributed by atoms with Crippen molar-refractivity contribution in [3.8, 4) is 0 Å². The number of nitrogens with one attached hydrogen (secondary N) is 1. The average Bonchev–Trinajstić information content (AvgIpc) is 2.12. The third-order valence-corrected chi connectivity index (χ3v) is 3.19. The summed E-state index contributed by atoms with van der Waals surface area (Å²) >= 11 is 0. The smallest absolute Gasteiger partial charge is 0.219 e. The summed E-state index contributed by atoms with van der Waals surface area (Å²) in [5, 5.41) is 3.00. The Morgan fingerprint density at radius 1 is 1.21 bits per heavy atom. The largest absolute Gasteiger partial charge is 0.356 e. The molecule has 0 saturated heterocycles. The van der Waals surface area contributed by atoms with E-state index in [0.29, 0.717) is 12.3 Å². The van der Waals surface area contributed by atoms with Gasteiger partial charge in [0.25, 0.3) is 0 Å². The van der Waals surface area contributed by atoms with Crippen LogP contribution < -0.4 is 5.32 Å². The summed E-state index contributed by atoms with van der Waals surface area (Å²) in [7, 11) is 0. The van der Waals surface area contributed by atoms with E-state index < -0.39 is 0 Å². The molecule has 0 bridgehead atoms. The van der Waals surface area contributed by atoms with Crippen LogP contribution in [-0.2, 0) is 4.79 Å². The van der Waals surface area contributed by atoms with Gasteiger partial charge < -0.3 is 5.32 Å². The molecule has 0 aromatic rings. The second-order valence-electron chi connectivity index (χ2n) is 4.94. The zero-order valence-corrected chi connectivity index (χ0v) is 9.68. The van der Waals surface area contributed by atoms with Crippen molar-refractivity contribution in [3.63, 3.8) is 0 Å². The van der Waals surface area contributed by atoms with Gasteiger partial charge in [-0.05, 0) is 37.0 Å². The predicted molar refractivity (Wildman–Crippen MR) is 59.0 cm³/mol. The second kappa shape index (κ2) is 5.38. The molecule has 14 heavy (non-hydrogen) atoms. The van der Waals surface area contributed by atoms with Crippen LogP contribution in [0, 0.1) is 17.8 Å². The molecule has 2 atom stereocenters. The van der Waals surface area contributed by atoms with Gasteiger partial charge in [-0.2, -0.15) is 0 Å². The fourth-order valence-electron chi connectivity index (χ4n) is 2.66. The molecule has 1 aliphatic rings. The van der Waals surface area contributed by atoms with Gasteiger partial charge in [-0.3, -0.25) is 4.79 Å². The van der Waals surface area contributed by atoms with E-state index in [9.17, 15) is 4.79 Å². The second-order valence-corrected chi connectivity index (χ2v) is 4.94. The molecular weight excluding hydrogens is 174 g/mol. The van der Waals surface area contributed by atoms with Gasteiger partial charge in [0, 0.05) is 13.0 Å². The van der Waals surface area contributed by atoms with Crippen LogP contribution in [0.4, 0.5) is 0 Å². The lowest BCUT2D eigenvalue weighted by atomic mass is 9.77. The van der Waals surface area contributed by atoms with Crippen LogP contribution in [0.5, 0.6) is 0 Å². The number of carbonyl (C=O) groups excluding carboxylic acids is 1.